The van der Waals surface area contributed by atoms with Crippen molar-refractivity contribution in [2.24, 2.45) is 5.92 Å². The van der Waals surface area contributed by atoms with Gasteiger partial charge in [0.25, 0.3) is 0 Å². The van der Waals surface area contributed by atoms with Crippen LogP contribution in [0.15, 0.2) is 11.3 Å². The van der Waals surface area contributed by atoms with Crippen LogP contribution in [0, 0.1) is 5.92 Å². The molecule has 2 aliphatic rings. The van der Waals surface area contributed by atoms with Crippen molar-refractivity contribution in [3.8, 4) is 0 Å². The number of ether oxygens (including phenoxy) is 1. The van der Waals surface area contributed by atoms with Crippen LogP contribution in [-0.4, -0.2) is 43.0 Å². The quantitative estimate of drug-likeness (QED) is 0.614. The van der Waals surface area contributed by atoms with Crippen LogP contribution in [-0.2, 0) is 13.7 Å². The molecule has 4 nitrogen and oxygen atoms in total. The highest BCUT2D eigenvalue weighted by molar-refractivity contribution is 7.75. The molecule has 1 spiro atoms. The van der Waals surface area contributed by atoms with E-state index in [9.17, 15) is 4.79 Å². The Morgan fingerprint density at radius 2 is 2.17 bits per heavy atom. The first-order valence-electron chi connectivity index (χ1n) is 6.37. The van der Waals surface area contributed by atoms with Gasteiger partial charge in [0.1, 0.15) is 5.76 Å². The molecule has 1 fully saturated rings. The first kappa shape index (κ1) is 13.9. The lowest BCUT2D eigenvalue weighted by Gasteiger charge is -2.44. The Kier molecular flexibility index (Phi) is 4.04. The van der Waals surface area contributed by atoms with Crippen molar-refractivity contribution in [2.45, 2.75) is 32.3 Å². The third-order valence-electron chi connectivity index (χ3n) is 3.69. The summed E-state index contributed by atoms with van der Waals surface area (Å²) in [4.78, 5) is 14.5. The Morgan fingerprint density at radius 1 is 1.44 bits per heavy atom. The van der Waals surface area contributed by atoms with Gasteiger partial charge in [0.15, 0.2) is 5.78 Å². The number of hydrogen-bond donors (Lipinski definition) is 1. The fourth-order valence-electron chi connectivity index (χ4n) is 2.97. The van der Waals surface area contributed by atoms with Gasteiger partial charge in [0.2, 0.25) is 0 Å². The summed E-state index contributed by atoms with van der Waals surface area (Å²) in [7, 11) is 2.05. The maximum Gasteiger partial charge on any atom is 0.165 e. The van der Waals surface area contributed by atoms with Gasteiger partial charge < -0.3 is 13.8 Å². The van der Waals surface area contributed by atoms with Crippen LogP contribution in [0.4, 0.5) is 0 Å². The average molecular weight is 271 g/mol. The second-order valence-corrected chi connectivity index (χ2v) is 5.81. The normalized spacial score (nSPS) is 30.4. The van der Waals surface area contributed by atoms with Crippen LogP contribution < -0.4 is 0 Å². The summed E-state index contributed by atoms with van der Waals surface area (Å²) in [6, 6.07) is 0. The number of rotatable bonds is 2. The molecule has 1 aliphatic heterocycles. The number of hydrogen-bond acceptors (Lipinski definition) is 5. The molecule has 0 aromatic carbocycles. The molecule has 1 heterocycles. The molecule has 1 saturated heterocycles. The zero-order chi connectivity index (χ0) is 13.3. The monoisotopic (exact) mass is 271 g/mol. The largest absolute Gasteiger partial charge is 0.433 e. The molecule has 0 radical (unpaired) electrons. The zero-order valence-corrected chi connectivity index (χ0v) is 12.1. The minimum absolute atomic E-state index is 0.135. The van der Waals surface area contributed by atoms with Crippen molar-refractivity contribution in [3.63, 3.8) is 0 Å². The van der Waals surface area contributed by atoms with Crippen molar-refractivity contribution in [1.82, 2.24) is 4.90 Å². The molecule has 0 bridgehead atoms. The van der Waals surface area contributed by atoms with Gasteiger partial charge in [-0.05, 0) is 13.0 Å². The van der Waals surface area contributed by atoms with Crippen LogP contribution >= 0.6 is 12.9 Å². The average Bonchev–Trinajstić information content (AvgIpc) is 2.26. The molecule has 0 aromatic heterocycles. The molecule has 0 aromatic rings. The summed E-state index contributed by atoms with van der Waals surface area (Å²) < 4.78 is 11.0. The van der Waals surface area contributed by atoms with E-state index in [0.717, 1.165) is 18.7 Å². The van der Waals surface area contributed by atoms with Gasteiger partial charge in [-0.3, -0.25) is 4.79 Å². The molecule has 1 aliphatic carbocycles. The molecule has 1 unspecified atom stereocenters. The summed E-state index contributed by atoms with van der Waals surface area (Å²) >= 11 is 3.90. The van der Waals surface area contributed by atoms with E-state index >= 15 is 0 Å². The summed E-state index contributed by atoms with van der Waals surface area (Å²) in [5, 5.41) is 0. The predicted octanol–water partition coefficient (Wildman–Crippen LogP) is 1.82. The Hall–Kier alpha value is -0.520. The fourth-order valence-corrected chi connectivity index (χ4v) is 3.13. The summed E-state index contributed by atoms with van der Waals surface area (Å²) in [5.41, 5.74) is 0.355. The summed E-state index contributed by atoms with van der Waals surface area (Å²) in [5.74, 6) is 0.980. The lowest BCUT2D eigenvalue weighted by molar-refractivity contribution is -0.139. The lowest BCUT2D eigenvalue weighted by Crippen LogP contribution is -2.53. The zero-order valence-electron chi connectivity index (χ0n) is 11.2. The van der Waals surface area contributed by atoms with Crippen molar-refractivity contribution in [2.75, 3.05) is 26.7 Å². The standard InChI is InChI=1S/C13H21NO3S/c1-9(2)12-10(15)6-13(7-11(12)17-18)8-14(3)4-5-16-13/h9,18H,4-8H2,1-3H3. The number of thiol groups is 1. The molecule has 0 amide bonds. The van der Waals surface area contributed by atoms with E-state index in [4.69, 9.17) is 8.92 Å². The maximum atomic E-state index is 12.3. The highest BCUT2D eigenvalue weighted by Gasteiger charge is 2.44. The van der Waals surface area contributed by atoms with Crippen molar-refractivity contribution >= 4 is 18.7 Å². The highest BCUT2D eigenvalue weighted by Crippen LogP contribution is 2.38. The van der Waals surface area contributed by atoms with Gasteiger partial charge >= 0.3 is 0 Å². The third-order valence-corrected chi connectivity index (χ3v) is 3.91. The molecular formula is C13H21NO3S. The van der Waals surface area contributed by atoms with Crippen molar-refractivity contribution in [3.05, 3.63) is 11.3 Å². The van der Waals surface area contributed by atoms with Gasteiger partial charge in [-0.2, -0.15) is 0 Å². The van der Waals surface area contributed by atoms with Gasteiger partial charge in [0.05, 0.1) is 12.2 Å². The SMILES string of the molecule is CC(C)C1=C(OS)CC2(CC1=O)CN(C)CCO2. The Bertz CT molecular complexity index is 380. The summed E-state index contributed by atoms with van der Waals surface area (Å²) in [6.45, 7) is 6.36. The molecule has 102 valence electrons. The number of Topliss-reactive ketones (excluding diaryl/α,β-unsaturated/α-hetero) is 1. The minimum atomic E-state index is -0.416. The van der Waals surface area contributed by atoms with E-state index in [1.807, 2.05) is 13.8 Å². The molecule has 2 rings (SSSR count). The Morgan fingerprint density at radius 3 is 2.72 bits per heavy atom. The molecule has 0 saturated carbocycles. The van der Waals surface area contributed by atoms with Crippen LogP contribution in [0.3, 0.4) is 0 Å². The number of allylic oxidation sites excluding steroid dienone is 1. The van der Waals surface area contributed by atoms with Crippen molar-refractivity contribution < 1.29 is 13.7 Å². The van der Waals surface area contributed by atoms with Gasteiger partial charge in [0, 0.05) is 44.4 Å². The number of ketones is 1. The van der Waals surface area contributed by atoms with Gasteiger partial charge in [-0.1, -0.05) is 13.8 Å². The second kappa shape index (κ2) is 5.23. The first-order valence-corrected chi connectivity index (χ1v) is 6.74. The van der Waals surface area contributed by atoms with E-state index in [-0.39, 0.29) is 11.7 Å². The summed E-state index contributed by atoms with van der Waals surface area (Å²) in [6.07, 6.45) is 1.09. The van der Waals surface area contributed by atoms with Crippen LogP contribution in [0.1, 0.15) is 26.7 Å². The molecular weight excluding hydrogens is 250 g/mol. The van der Waals surface area contributed by atoms with Crippen LogP contribution in [0.2, 0.25) is 0 Å². The molecule has 5 heteroatoms. The first-order chi connectivity index (χ1) is 8.47. The Balaban J connectivity index is 2.28. The van der Waals surface area contributed by atoms with Gasteiger partial charge in [-0.15, -0.1) is 0 Å². The third kappa shape index (κ3) is 2.58. The fraction of sp³-hybridized carbons (Fsp3) is 0.769. The molecule has 18 heavy (non-hydrogen) atoms. The smallest absolute Gasteiger partial charge is 0.165 e. The van der Waals surface area contributed by atoms with E-state index in [0.29, 0.717) is 25.2 Å². The number of likely N-dealkylation sites (N-methyl/N-ethyl adjacent to an activating group) is 1. The topological polar surface area (TPSA) is 38.8 Å². The minimum Gasteiger partial charge on any atom is -0.433 e. The van der Waals surface area contributed by atoms with E-state index in [2.05, 4.69) is 24.9 Å². The second-order valence-electron chi connectivity index (χ2n) is 5.63. The number of carbonyl (C=O) groups excluding carboxylic acids is 1. The molecule has 0 N–H and O–H groups in total. The number of nitrogens with zero attached hydrogens (tertiary/aromatic N) is 1. The van der Waals surface area contributed by atoms with E-state index < -0.39 is 5.60 Å². The Labute approximate surface area is 114 Å². The number of carbonyl (C=O) groups is 1. The predicted molar refractivity (Wildman–Crippen MR) is 72.4 cm³/mol. The maximum absolute atomic E-state index is 12.3. The number of morpholine rings is 1. The van der Waals surface area contributed by atoms with Crippen molar-refractivity contribution in [1.29, 1.82) is 0 Å². The lowest BCUT2D eigenvalue weighted by atomic mass is 9.79. The van der Waals surface area contributed by atoms with Crippen LogP contribution in [0.5, 0.6) is 0 Å². The van der Waals surface area contributed by atoms with E-state index in [1.54, 1.807) is 0 Å². The van der Waals surface area contributed by atoms with Crippen LogP contribution in [0.25, 0.3) is 0 Å². The van der Waals surface area contributed by atoms with E-state index in [1.165, 1.54) is 0 Å². The van der Waals surface area contributed by atoms with Gasteiger partial charge in [-0.25, -0.2) is 0 Å². The molecule has 1 atom stereocenters. The highest BCUT2D eigenvalue weighted by atomic mass is 32.1.